The van der Waals surface area contributed by atoms with Crippen molar-refractivity contribution in [2.24, 2.45) is 10.7 Å². The van der Waals surface area contributed by atoms with Crippen LogP contribution in [0.1, 0.15) is 12.8 Å². The van der Waals surface area contributed by atoms with Crippen molar-refractivity contribution in [3.05, 3.63) is 11.6 Å². The van der Waals surface area contributed by atoms with Crippen molar-refractivity contribution in [1.29, 1.82) is 0 Å². The van der Waals surface area contributed by atoms with Crippen LogP contribution in [-0.2, 0) is 9.84 Å². The van der Waals surface area contributed by atoms with Crippen LogP contribution in [0.25, 0.3) is 0 Å². The second kappa shape index (κ2) is 7.97. The summed E-state index contributed by atoms with van der Waals surface area (Å²) in [6.07, 6.45) is 3.26. The lowest BCUT2D eigenvalue weighted by Crippen LogP contribution is -2.51. The van der Waals surface area contributed by atoms with Gasteiger partial charge in [-0.15, -0.1) is 35.3 Å². The quantitative estimate of drug-likeness (QED) is 0.398. The van der Waals surface area contributed by atoms with Gasteiger partial charge in [0.1, 0.15) is 0 Å². The Morgan fingerprint density at radius 1 is 1.39 bits per heavy atom. The van der Waals surface area contributed by atoms with E-state index in [-0.39, 0.29) is 29.2 Å². The van der Waals surface area contributed by atoms with Gasteiger partial charge < -0.3 is 15.5 Å². The highest BCUT2D eigenvalue weighted by Gasteiger charge is 2.31. The predicted octanol–water partition coefficient (Wildman–Crippen LogP) is 0.775. The number of aromatic nitrogens is 1. The molecule has 2 fully saturated rings. The molecule has 0 radical (unpaired) electrons. The molecule has 1 unspecified atom stereocenters. The average molecular weight is 471 g/mol. The van der Waals surface area contributed by atoms with E-state index in [1.165, 1.54) is 0 Å². The summed E-state index contributed by atoms with van der Waals surface area (Å²) in [5.41, 5.74) is 6.03. The van der Waals surface area contributed by atoms with Crippen molar-refractivity contribution in [3.63, 3.8) is 0 Å². The zero-order chi connectivity index (χ0) is 15.6. The second-order valence-corrected chi connectivity index (χ2v) is 8.89. The average Bonchev–Trinajstić information content (AvgIpc) is 3.14. The first-order valence-electron chi connectivity index (χ1n) is 7.47. The van der Waals surface area contributed by atoms with Crippen LogP contribution < -0.4 is 10.6 Å². The maximum atomic E-state index is 11.8. The van der Waals surface area contributed by atoms with Crippen LogP contribution in [0.15, 0.2) is 16.6 Å². The predicted molar refractivity (Wildman–Crippen MR) is 105 cm³/mol. The number of piperazine rings is 1. The largest absolute Gasteiger partial charge is 0.370 e. The molecule has 3 rings (SSSR count). The fourth-order valence-electron chi connectivity index (χ4n) is 2.86. The van der Waals surface area contributed by atoms with E-state index in [1.807, 2.05) is 16.5 Å². The molecule has 0 saturated carbocycles. The molecule has 2 aliphatic heterocycles. The van der Waals surface area contributed by atoms with Crippen molar-refractivity contribution < 1.29 is 8.42 Å². The number of aliphatic imine (C=N–C) groups is 1. The van der Waals surface area contributed by atoms with E-state index in [2.05, 4.69) is 14.9 Å². The Bertz CT molecular complexity index is 627. The Morgan fingerprint density at radius 2 is 2.13 bits per heavy atom. The Morgan fingerprint density at radius 3 is 2.70 bits per heavy atom. The van der Waals surface area contributed by atoms with Crippen LogP contribution in [-0.4, -0.2) is 68.0 Å². The van der Waals surface area contributed by atoms with Gasteiger partial charge in [-0.05, 0) is 12.8 Å². The summed E-state index contributed by atoms with van der Waals surface area (Å²) < 4.78 is 23.6. The summed E-state index contributed by atoms with van der Waals surface area (Å²) >= 11 is 1.63. The number of sulfone groups is 1. The summed E-state index contributed by atoms with van der Waals surface area (Å²) in [6, 6.07) is 0. The fraction of sp³-hybridized carbons (Fsp3) is 0.692. The minimum atomic E-state index is -2.95. The number of nitrogens with two attached hydrogens (primary N) is 1. The van der Waals surface area contributed by atoms with Gasteiger partial charge in [0.15, 0.2) is 20.9 Å². The van der Waals surface area contributed by atoms with Crippen molar-refractivity contribution in [3.8, 4) is 0 Å². The van der Waals surface area contributed by atoms with Crippen molar-refractivity contribution in [2.45, 2.75) is 18.1 Å². The van der Waals surface area contributed by atoms with E-state index in [0.717, 1.165) is 37.7 Å². The molecule has 10 heteroatoms. The van der Waals surface area contributed by atoms with E-state index in [1.54, 1.807) is 11.3 Å². The lowest BCUT2D eigenvalue weighted by Gasteiger charge is -2.35. The van der Waals surface area contributed by atoms with Gasteiger partial charge in [0, 0.05) is 37.8 Å². The smallest absolute Gasteiger partial charge is 0.191 e. The highest BCUT2D eigenvalue weighted by atomic mass is 127. The molecular weight excluding hydrogens is 449 g/mol. The van der Waals surface area contributed by atoms with Gasteiger partial charge in [-0.3, -0.25) is 4.99 Å². The van der Waals surface area contributed by atoms with Crippen LogP contribution in [0.3, 0.4) is 0 Å². The molecule has 7 nitrogen and oxygen atoms in total. The van der Waals surface area contributed by atoms with Crippen molar-refractivity contribution >= 4 is 56.2 Å². The van der Waals surface area contributed by atoms with E-state index in [9.17, 15) is 8.42 Å². The molecule has 0 amide bonds. The van der Waals surface area contributed by atoms with Gasteiger partial charge in [-0.2, -0.15) is 0 Å². The topological polar surface area (TPSA) is 91.9 Å². The Balaban J connectivity index is 0.00000192. The second-order valence-electron chi connectivity index (χ2n) is 5.62. The number of hydrogen-bond acceptors (Lipinski definition) is 6. The number of nitrogens with zero attached hydrogens (tertiary/aromatic N) is 4. The molecule has 1 aromatic heterocycles. The van der Waals surface area contributed by atoms with Gasteiger partial charge in [0.25, 0.3) is 0 Å². The summed E-state index contributed by atoms with van der Waals surface area (Å²) in [4.78, 5) is 12.9. The fourth-order valence-corrected chi connectivity index (χ4v) is 5.28. The molecule has 130 valence electrons. The van der Waals surface area contributed by atoms with E-state index in [0.29, 0.717) is 24.7 Å². The Kier molecular flexibility index (Phi) is 6.48. The molecule has 1 atom stereocenters. The maximum absolute atomic E-state index is 11.8. The lowest BCUT2D eigenvalue weighted by molar-refractivity contribution is 0.380. The molecule has 0 spiro atoms. The molecule has 2 aliphatic rings. The lowest BCUT2D eigenvalue weighted by atomic mass is 10.2. The van der Waals surface area contributed by atoms with Crippen LogP contribution in [0.5, 0.6) is 0 Å². The van der Waals surface area contributed by atoms with E-state index < -0.39 is 9.84 Å². The first-order chi connectivity index (χ1) is 10.6. The molecular formula is C13H22IN5O2S2. The summed E-state index contributed by atoms with van der Waals surface area (Å²) in [5, 5.41) is 2.66. The third kappa shape index (κ3) is 4.47. The molecule has 0 bridgehead atoms. The van der Waals surface area contributed by atoms with Gasteiger partial charge in [-0.25, -0.2) is 13.4 Å². The highest BCUT2D eigenvalue weighted by molar-refractivity contribution is 14.0. The molecule has 23 heavy (non-hydrogen) atoms. The number of hydrogen-bond donors (Lipinski definition) is 1. The van der Waals surface area contributed by atoms with Crippen molar-refractivity contribution in [1.82, 2.24) is 9.88 Å². The number of guanidine groups is 1. The van der Waals surface area contributed by atoms with E-state index in [4.69, 9.17) is 5.73 Å². The standard InChI is InChI=1S/C13H21N5O2S2.HI/c14-12(16-10-11-2-1-9-22(11,19)20)17-4-6-18(7-5-17)13-15-3-8-21-13;/h3,8,11H,1-2,4-7,9-10H2,(H2,14,16);1H. The summed E-state index contributed by atoms with van der Waals surface area (Å²) in [5.74, 6) is 0.750. The summed E-state index contributed by atoms with van der Waals surface area (Å²) in [7, 11) is -2.95. The first-order valence-corrected chi connectivity index (χ1v) is 10.1. The monoisotopic (exact) mass is 471 g/mol. The molecule has 1 aromatic rings. The molecule has 0 aliphatic carbocycles. The third-order valence-electron chi connectivity index (χ3n) is 4.21. The van der Waals surface area contributed by atoms with E-state index >= 15 is 0 Å². The van der Waals surface area contributed by atoms with Gasteiger partial charge in [-0.1, -0.05) is 0 Å². The summed E-state index contributed by atoms with van der Waals surface area (Å²) in [6.45, 7) is 3.57. The highest BCUT2D eigenvalue weighted by Crippen LogP contribution is 2.21. The SMILES string of the molecule is I.NC(=NCC1CCCS1(=O)=O)N1CCN(c2nccs2)CC1. The van der Waals surface area contributed by atoms with Gasteiger partial charge in [0.2, 0.25) is 0 Å². The maximum Gasteiger partial charge on any atom is 0.191 e. The number of rotatable bonds is 3. The molecule has 0 aromatic carbocycles. The van der Waals surface area contributed by atoms with Crippen LogP contribution in [0.4, 0.5) is 5.13 Å². The van der Waals surface area contributed by atoms with Crippen LogP contribution >= 0.6 is 35.3 Å². The molecule has 2 N–H and O–H groups in total. The minimum Gasteiger partial charge on any atom is -0.370 e. The third-order valence-corrected chi connectivity index (χ3v) is 7.30. The van der Waals surface area contributed by atoms with Crippen LogP contribution in [0, 0.1) is 0 Å². The zero-order valence-electron chi connectivity index (χ0n) is 12.8. The zero-order valence-corrected chi connectivity index (χ0v) is 16.8. The van der Waals surface area contributed by atoms with Crippen LogP contribution in [0.2, 0.25) is 0 Å². The van der Waals surface area contributed by atoms with Crippen molar-refractivity contribution in [2.75, 3.05) is 43.4 Å². The minimum absolute atomic E-state index is 0. The Labute approximate surface area is 157 Å². The number of halogens is 1. The normalized spacial score (nSPS) is 24.5. The molecule has 3 heterocycles. The van der Waals surface area contributed by atoms with Gasteiger partial charge >= 0.3 is 0 Å². The molecule has 2 saturated heterocycles. The number of anilines is 1. The number of thiazole rings is 1. The Hall–Kier alpha value is -0.620. The first kappa shape index (κ1) is 18.7. The van der Waals surface area contributed by atoms with Gasteiger partial charge in [0.05, 0.1) is 17.5 Å².